The SMILES string of the molecule is CC(C)C1CCN(S(=O)(=O)N2CCCC(CCl)C2)C1. The van der Waals surface area contributed by atoms with Gasteiger partial charge in [0.05, 0.1) is 0 Å². The molecule has 4 nitrogen and oxygen atoms in total. The van der Waals surface area contributed by atoms with E-state index in [-0.39, 0.29) is 0 Å². The zero-order valence-electron chi connectivity index (χ0n) is 11.9. The van der Waals surface area contributed by atoms with Gasteiger partial charge in [0.2, 0.25) is 0 Å². The van der Waals surface area contributed by atoms with Crippen molar-refractivity contribution in [3.8, 4) is 0 Å². The highest BCUT2D eigenvalue weighted by atomic mass is 35.5. The summed E-state index contributed by atoms with van der Waals surface area (Å²) >= 11 is 5.89. The number of nitrogens with zero attached hydrogens (tertiary/aromatic N) is 2. The molecule has 19 heavy (non-hydrogen) atoms. The van der Waals surface area contributed by atoms with Gasteiger partial charge in [0, 0.05) is 32.1 Å². The van der Waals surface area contributed by atoms with E-state index in [4.69, 9.17) is 11.6 Å². The van der Waals surface area contributed by atoms with Crippen LogP contribution in [-0.2, 0) is 10.2 Å². The van der Waals surface area contributed by atoms with E-state index >= 15 is 0 Å². The van der Waals surface area contributed by atoms with Crippen molar-refractivity contribution in [2.75, 3.05) is 32.1 Å². The average Bonchev–Trinajstić information content (AvgIpc) is 2.89. The van der Waals surface area contributed by atoms with Crippen LogP contribution in [0.5, 0.6) is 0 Å². The van der Waals surface area contributed by atoms with Crippen LogP contribution in [0.25, 0.3) is 0 Å². The summed E-state index contributed by atoms with van der Waals surface area (Å²) in [6.07, 6.45) is 2.96. The van der Waals surface area contributed by atoms with Crippen LogP contribution >= 0.6 is 11.6 Å². The standard InChI is InChI=1S/C13H25ClN2O2S/c1-11(2)13-5-7-16(10-13)19(17,18)15-6-3-4-12(8-14)9-15/h11-13H,3-10H2,1-2H3. The first-order valence-electron chi connectivity index (χ1n) is 7.26. The molecule has 0 aromatic carbocycles. The van der Waals surface area contributed by atoms with Gasteiger partial charge in [0.25, 0.3) is 10.2 Å². The maximum atomic E-state index is 12.6. The van der Waals surface area contributed by atoms with Gasteiger partial charge in [-0.2, -0.15) is 17.0 Å². The van der Waals surface area contributed by atoms with Crippen molar-refractivity contribution < 1.29 is 8.42 Å². The molecule has 0 N–H and O–H groups in total. The quantitative estimate of drug-likeness (QED) is 0.747. The first-order chi connectivity index (χ1) is 8.95. The molecular formula is C13H25ClN2O2S. The minimum absolute atomic E-state index is 0.314. The summed E-state index contributed by atoms with van der Waals surface area (Å²) in [6.45, 7) is 6.94. The minimum atomic E-state index is -3.26. The Kier molecular flexibility index (Phi) is 5.15. The molecule has 0 aliphatic carbocycles. The first-order valence-corrected chi connectivity index (χ1v) is 9.19. The van der Waals surface area contributed by atoms with Gasteiger partial charge in [-0.15, -0.1) is 11.6 Å². The third kappa shape index (κ3) is 3.43. The summed E-state index contributed by atoms with van der Waals surface area (Å²) in [6, 6.07) is 0. The third-order valence-electron chi connectivity index (χ3n) is 4.48. The molecule has 2 aliphatic rings. The summed E-state index contributed by atoms with van der Waals surface area (Å²) in [5.74, 6) is 1.93. The predicted molar refractivity (Wildman–Crippen MR) is 78.5 cm³/mol. The van der Waals surface area contributed by atoms with Crippen molar-refractivity contribution in [1.82, 2.24) is 8.61 Å². The Morgan fingerprint density at radius 2 is 1.84 bits per heavy atom. The van der Waals surface area contributed by atoms with E-state index in [1.54, 1.807) is 8.61 Å². The number of rotatable bonds is 4. The van der Waals surface area contributed by atoms with E-state index in [2.05, 4.69) is 13.8 Å². The number of hydrogen-bond acceptors (Lipinski definition) is 2. The smallest absolute Gasteiger partial charge is 0.195 e. The van der Waals surface area contributed by atoms with E-state index in [9.17, 15) is 8.42 Å². The van der Waals surface area contributed by atoms with Crippen LogP contribution in [0.4, 0.5) is 0 Å². The van der Waals surface area contributed by atoms with Crippen LogP contribution in [0.15, 0.2) is 0 Å². The van der Waals surface area contributed by atoms with Crippen molar-refractivity contribution in [3.05, 3.63) is 0 Å². The van der Waals surface area contributed by atoms with E-state index < -0.39 is 10.2 Å². The Bertz CT molecular complexity index is 399. The highest BCUT2D eigenvalue weighted by molar-refractivity contribution is 7.86. The maximum Gasteiger partial charge on any atom is 0.281 e. The molecule has 112 valence electrons. The highest BCUT2D eigenvalue weighted by Gasteiger charge is 2.38. The van der Waals surface area contributed by atoms with E-state index in [1.165, 1.54) is 0 Å². The third-order valence-corrected chi connectivity index (χ3v) is 6.89. The van der Waals surface area contributed by atoms with Crippen LogP contribution in [0.2, 0.25) is 0 Å². The lowest BCUT2D eigenvalue weighted by Crippen LogP contribution is -2.47. The van der Waals surface area contributed by atoms with Gasteiger partial charge in [-0.05, 0) is 37.0 Å². The fourth-order valence-electron chi connectivity index (χ4n) is 3.03. The van der Waals surface area contributed by atoms with Crippen molar-refractivity contribution in [3.63, 3.8) is 0 Å². The van der Waals surface area contributed by atoms with Crippen LogP contribution in [0.3, 0.4) is 0 Å². The molecule has 0 spiro atoms. The molecule has 6 heteroatoms. The van der Waals surface area contributed by atoms with Crippen LogP contribution < -0.4 is 0 Å². The summed E-state index contributed by atoms with van der Waals surface area (Å²) in [4.78, 5) is 0. The van der Waals surface area contributed by atoms with Crippen molar-refractivity contribution in [1.29, 1.82) is 0 Å². The van der Waals surface area contributed by atoms with E-state index in [0.29, 0.717) is 49.8 Å². The number of alkyl halides is 1. The molecule has 0 saturated carbocycles. The number of piperidine rings is 1. The molecule has 2 atom stereocenters. The Balaban J connectivity index is 2.02. The Labute approximate surface area is 122 Å². The fraction of sp³-hybridized carbons (Fsp3) is 1.00. The lowest BCUT2D eigenvalue weighted by Gasteiger charge is -2.33. The van der Waals surface area contributed by atoms with Gasteiger partial charge < -0.3 is 0 Å². The number of hydrogen-bond donors (Lipinski definition) is 0. The number of halogens is 1. The second-order valence-corrected chi connectivity index (χ2v) is 8.42. The molecule has 2 aliphatic heterocycles. The normalized spacial score (nSPS) is 31.2. The predicted octanol–water partition coefficient (Wildman–Crippen LogP) is 2.16. The van der Waals surface area contributed by atoms with Gasteiger partial charge in [-0.25, -0.2) is 0 Å². The molecule has 0 amide bonds. The van der Waals surface area contributed by atoms with Crippen LogP contribution in [0, 0.1) is 17.8 Å². The molecule has 2 saturated heterocycles. The molecule has 0 aromatic heterocycles. The topological polar surface area (TPSA) is 40.6 Å². The van der Waals surface area contributed by atoms with Gasteiger partial charge in [-0.1, -0.05) is 13.8 Å². The molecule has 2 heterocycles. The van der Waals surface area contributed by atoms with Gasteiger partial charge in [-0.3, -0.25) is 0 Å². The molecule has 2 unspecified atom stereocenters. The monoisotopic (exact) mass is 308 g/mol. The van der Waals surface area contributed by atoms with Gasteiger partial charge >= 0.3 is 0 Å². The Morgan fingerprint density at radius 1 is 1.16 bits per heavy atom. The zero-order valence-corrected chi connectivity index (χ0v) is 13.5. The maximum absolute atomic E-state index is 12.6. The first kappa shape index (κ1) is 15.5. The molecule has 2 fully saturated rings. The lowest BCUT2D eigenvalue weighted by atomic mass is 9.96. The highest BCUT2D eigenvalue weighted by Crippen LogP contribution is 2.29. The molecule has 0 radical (unpaired) electrons. The second kappa shape index (κ2) is 6.29. The van der Waals surface area contributed by atoms with Gasteiger partial charge in [0.1, 0.15) is 0 Å². The molecule has 2 rings (SSSR count). The largest absolute Gasteiger partial charge is 0.281 e. The van der Waals surface area contributed by atoms with E-state index in [0.717, 1.165) is 19.3 Å². The lowest BCUT2D eigenvalue weighted by molar-refractivity contribution is 0.263. The van der Waals surface area contributed by atoms with Crippen molar-refractivity contribution >= 4 is 21.8 Å². The summed E-state index contributed by atoms with van der Waals surface area (Å²) < 4.78 is 28.6. The van der Waals surface area contributed by atoms with E-state index in [1.807, 2.05) is 0 Å². The van der Waals surface area contributed by atoms with Crippen LogP contribution in [0.1, 0.15) is 33.1 Å². The average molecular weight is 309 g/mol. The minimum Gasteiger partial charge on any atom is -0.195 e. The molecule has 0 bridgehead atoms. The summed E-state index contributed by atoms with van der Waals surface area (Å²) in [7, 11) is -3.26. The molecular weight excluding hydrogens is 284 g/mol. The van der Waals surface area contributed by atoms with Crippen LogP contribution in [-0.4, -0.2) is 49.1 Å². The van der Waals surface area contributed by atoms with Crippen molar-refractivity contribution in [2.45, 2.75) is 33.1 Å². The summed E-state index contributed by atoms with van der Waals surface area (Å²) in [5.41, 5.74) is 0. The second-order valence-electron chi connectivity index (χ2n) is 6.18. The fourth-order valence-corrected chi connectivity index (χ4v) is 5.09. The summed E-state index contributed by atoms with van der Waals surface area (Å²) in [5, 5.41) is 0. The zero-order chi connectivity index (χ0) is 14.0. The molecule has 0 aromatic rings. The Morgan fingerprint density at radius 3 is 2.42 bits per heavy atom. The Hall–Kier alpha value is 0.160. The van der Waals surface area contributed by atoms with Crippen molar-refractivity contribution in [2.24, 2.45) is 17.8 Å². The van der Waals surface area contributed by atoms with Gasteiger partial charge in [0.15, 0.2) is 0 Å².